The highest BCUT2D eigenvalue weighted by molar-refractivity contribution is 5.95. The Morgan fingerprint density at radius 1 is 1.10 bits per heavy atom. The molecule has 4 rings (SSSR count). The zero-order valence-electron chi connectivity index (χ0n) is 16.7. The van der Waals surface area contributed by atoms with Gasteiger partial charge in [0.05, 0.1) is 34.9 Å². The number of aromatic carboxylic acids is 1. The van der Waals surface area contributed by atoms with E-state index in [4.69, 9.17) is 0 Å². The summed E-state index contributed by atoms with van der Waals surface area (Å²) in [5.41, 5.74) is 2.81. The lowest BCUT2D eigenvalue weighted by molar-refractivity contribution is 0.0684. The minimum absolute atomic E-state index is 0.0610. The van der Waals surface area contributed by atoms with Crippen LogP contribution in [0.15, 0.2) is 55.0 Å². The lowest BCUT2D eigenvalue weighted by atomic mass is 10.0. The molecule has 0 unspecified atom stereocenters. The molecule has 8 heteroatoms. The van der Waals surface area contributed by atoms with Gasteiger partial charge >= 0.3 is 5.97 Å². The molecule has 30 heavy (non-hydrogen) atoms. The maximum atomic E-state index is 12.6. The smallest absolute Gasteiger partial charge is 0.337 e. The highest BCUT2D eigenvalue weighted by Crippen LogP contribution is 2.28. The Kier molecular flexibility index (Phi) is 5.47. The minimum Gasteiger partial charge on any atom is -0.478 e. The van der Waals surface area contributed by atoms with Gasteiger partial charge in [-0.1, -0.05) is 18.2 Å². The summed E-state index contributed by atoms with van der Waals surface area (Å²) in [5.74, 6) is -0.953. The van der Waals surface area contributed by atoms with E-state index in [-0.39, 0.29) is 17.5 Å². The van der Waals surface area contributed by atoms with E-state index < -0.39 is 5.97 Å². The average Bonchev–Trinajstić information content (AvgIpc) is 3.14. The number of hydrogen-bond donors (Lipinski definition) is 2. The van der Waals surface area contributed by atoms with E-state index in [1.165, 1.54) is 18.5 Å². The Labute approximate surface area is 174 Å². The Bertz CT molecular complexity index is 1060. The number of hydrogen-bond acceptors (Lipinski definition) is 5. The van der Waals surface area contributed by atoms with Crippen LogP contribution in [0.1, 0.15) is 45.3 Å². The van der Waals surface area contributed by atoms with Gasteiger partial charge in [0.15, 0.2) is 0 Å². The normalized spacial score (nSPS) is 14.5. The van der Waals surface area contributed by atoms with E-state index >= 15 is 0 Å². The van der Waals surface area contributed by atoms with Crippen LogP contribution in [-0.2, 0) is 0 Å². The summed E-state index contributed by atoms with van der Waals surface area (Å²) in [6, 6.07) is 11.0. The first-order valence-corrected chi connectivity index (χ1v) is 9.87. The van der Waals surface area contributed by atoms with Crippen LogP contribution in [0.5, 0.6) is 0 Å². The third kappa shape index (κ3) is 4.03. The zero-order chi connectivity index (χ0) is 21.1. The third-order valence-corrected chi connectivity index (χ3v) is 5.38. The van der Waals surface area contributed by atoms with Crippen molar-refractivity contribution in [1.82, 2.24) is 19.7 Å². The molecule has 0 spiro atoms. The van der Waals surface area contributed by atoms with Gasteiger partial charge < -0.3 is 15.3 Å². The second-order valence-electron chi connectivity index (χ2n) is 7.35. The fraction of sp³-hybridized carbons (Fsp3) is 0.273. The maximum Gasteiger partial charge on any atom is 0.337 e. The number of carbonyl (C=O) groups is 2. The van der Waals surface area contributed by atoms with Crippen LogP contribution in [0.3, 0.4) is 0 Å². The van der Waals surface area contributed by atoms with E-state index in [1.54, 1.807) is 0 Å². The first-order chi connectivity index (χ1) is 14.5. The molecule has 2 N–H and O–H groups in total. The molecule has 0 saturated carbocycles. The standard InChI is InChI=1S/C22H23N5O3/c1-15-20(24-19-13-23-10-7-18(19)22(29)30)14-27(25-15)17-8-11-26(12-9-17)21(28)16-5-3-2-4-6-16/h2-7,10,13-14,17,24H,8-9,11-12H2,1H3,(H,29,30). The molecule has 0 atom stereocenters. The number of piperidine rings is 1. The fourth-order valence-corrected chi connectivity index (χ4v) is 3.71. The number of pyridine rings is 1. The van der Waals surface area contributed by atoms with Gasteiger partial charge in [-0.05, 0) is 38.0 Å². The van der Waals surface area contributed by atoms with E-state index in [1.807, 2.05) is 53.0 Å². The third-order valence-electron chi connectivity index (χ3n) is 5.38. The SMILES string of the molecule is Cc1nn(C2CCN(C(=O)c3ccccc3)CC2)cc1Nc1cnccc1C(=O)O. The lowest BCUT2D eigenvalue weighted by Gasteiger charge is -2.32. The number of carboxylic acids is 1. The minimum atomic E-state index is -1.01. The molecule has 1 fully saturated rings. The molecule has 3 heterocycles. The van der Waals surface area contributed by atoms with E-state index in [9.17, 15) is 14.7 Å². The number of nitrogens with one attached hydrogen (secondary N) is 1. The molecule has 1 saturated heterocycles. The summed E-state index contributed by atoms with van der Waals surface area (Å²) < 4.78 is 1.92. The van der Waals surface area contributed by atoms with E-state index in [0.717, 1.165) is 24.2 Å². The monoisotopic (exact) mass is 405 g/mol. The highest BCUT2D eigenvalue weighted by Gasteiger charge is 2.25. The number of likely N-dealkylation sites (tertiary alicyclic amines) is 1. The molecule has 2 aromatic heterocycles. The number of aryl methyl sites for hydroxylation is 1. The molecule has 0 aliphatic carbocycles. The molecule has 0 bridgehead atoms. The van der Waals surface area contributed by atoms with Crippen molar-refractivity contribution in [2.45, 2.75) is 25.8 Å². The number of amides is 1. The van der Waals surface area contributed by atoms with Crippen LogP contribution in [0, 0.1) is 6.92 Å². The Morgan fingerprint density at radius 2 is 1.83 bits per heavy atom. The Hall–Kier alpha value is -3.68. The largest absolute Gasteiger partial charge is 0.478 e. The van der Waals surface area contributed by atoms with Gasteiger partial charge in [0.2, 0.25) is 0 Å². The van der Waals surface area contributed by atoms with Gasteiger partial charge in [0, 0.05) is 31.0 Å². The van der Waals surface area contributed by atoms with Crippen molar-refractivity contribution in [3.8, 4) is 0 Å². The number of aromatic nitrogens is 3. The predicted molar refractivity (Wildman–Crippen MR) is 112 cm³/mol. The van der Waals surface area contributed by atoms with Crippen molar-refractivity contribution in [2.24, 2.45) is 0 Å². The Morgan fingerprint density at radius 3 is 2.53 bits per heavy atom. The van der Waals surface area contributed by atoms with E-state index in [0.29, 0.717) is 24.3 Å². The van der Waals surface area contributed by atoms with Crippen LogP contribution < -0.4 is 5.32 Å². The summed E-state index contributed by atoms with van der Waals surface area (Å²) in [5, 5.41) is 17.1. The van der Waals surface area contributed by atoms with Crippen molar-refractivity contribution in [3.63, 3.8) is 0 Å². The number of anilines is 2. The van der Waals surface area contributed by atoms with Crippen LogP contribution in [0.4, 0.5) is 11.4 Å². The highest BCUT2D eigenvalue weighted by atomic mass is 16.4. The molecule has 154 valence electrons. The van der Waals surface area contributed by atoms with Crippen molar-refractivity contribution in [1.29, 1.82) is 0 Å². The van der Waals surface area contributed by atoms with Gasteiger partial charge in [0.1, 0.15) is 0 Å². The summed E-state index contributed by atoms with van der Waals surface area (Å²) in [4.78, 5) is 29.9. The van der Waals surface area contributed by atoms with Gasteiger partial charge in [-0.2, -0.15) is 5.10 Å². The van der Waals surface area contributed by atoms with Gasteiger partial charge in [-0.15, -0.1) is 0 Å². The van der Waals surface area contributed by atoms with Crippen molar-refractivity contribution >= 4 is 23.3 Å². The van der Waals surface area contributed by atoms with Crippen molar-refractivity contribution in [2.75, 3.05) is 18.4 Å². The van der Waals surface area contributed by atoms with Crippen molar-refractivity contribution < 1.29 is 14.7 Å². The second-order valence-corrected chi connectivity index (χ2v) is 7.35. The van der Waals surface area contributed by atoms with Crippen LogP contribution >= 0.6 is 0 Å². The maximum absolute atomic E-state index is 12.6. The summed E-state index contributed by atoms with van der Waals surface area (Å²) in [6.45, 7) is 3.22. The summed E-state index contributed by atoms with van der Waals surface area (Å²) in [6.07, 6.45) is 6.47. The predicted octanol–water partition coefficient (Wildman–Crippen LogP) is 3.51. The molecule has 3 aromatic rings. The average molecular weight is 405 g/mol. The summed E-state index contributed by atoms with van der Waals surface area (Å²) >= 11 is 0. The number of carbonyl (C=O) groups excluding carboxylic acids is 1. The molecule has 1 amide bonds. The lowest BCUT2D eigenvalue weighted by Crippen LogP contribution is -2.39. The summed E-state index contributed by atoms with van der Waals surface area (Å²) in [7, 11) is 0. The van der Waals surface area contributed by atoms with Crippen LogP contribution in [0.2, 0.25) is 0 Å². The second kappa shape index (κ2) is 8.36. The number of carboxylic acid groups (broad SMARTS) is 1. The van der Waals surface area contributed by atoms with Crippen LogP contribution in [0.25, 0.3) is 0 Å². The molecule has 1 aliphatic heterocycles. The molecule has 1 aliphatic rings. The van der Waals surface area contributed by atoms with Gasteiger partial charge in [0.25, 0.3) is 5.91 Å². The van der Waals surface area contributed by atoms with Gasteiger partial charge in [-0.3, -0.25) is 14.5 Å². The number of rotatable bonds is 5. The molecule has 1 aromatic carbocycles. The molecule has 8 nitrogen and oxygen atoms in total. The number of benzene rings is 1. The molecular formula is C22H23N5O3. The first kappa shape index (κ1) is 19.6. The molecule has 0 radical (unpaired) electrons. The fourth-order valence-electron chi connectivity index (χ4n) is 3.71. The quantitative estimate of drug-likeness (QED) is 0.674. The first-order valence-electron chi connectivity index (χ1n) is 9.87. The Balaban J connectivity index is 1.43. The number of nitrogens with zero attached hydrogens (tertiary/aromatic N) is 4. The molecular weight excluding hydrogens is 382 g/mol. The van der Waals surface area contributed by atoms with Crippen LogP contribution in [-0.4, -0.2) is 49.7 Å². The van der Waals surface area contributed by atoms with E-state index in [2.05, 4.69) is 15.4 Å². The van der Waals surface area contributed by atoms with Crippen molar-refractivity contribution in [3.05, 3.63) is 71.8 Å². The van der Waals surface area contributed by atoms with Gasteiger partial charge in [-0.25, -0.2) is 4.79 Å². The topological polar surface area (TPSA) is 100 Å². The zero-order valence-corrected chi connectivity index (χ0v) is 16.7.